The van der Waals surface area contributed by atoms with Gasteiger partial charge in [-0.15, -0.1) is 11.3 Å². The topological polar surface area (TPSA) is 128 Å². The number of fused-ring (bicyclic) bond motifs is 1. The maximum atomic E-state index is 11.8. The van der Waals surface area contributed by atoms with Crippen LogP contribution in [0.15, 0.2) is 23.1 Å². The number of non-ortho nitro benzene ring substituents is 1. The molecule has 10 heteroatoms. The lowest BCUT2D eigenvalue weighted by Crippen LogP contribution is -2.19. The molecular formula is C14H16N4O4S2. The van der Waals surface area contributed by atoms with Gasteiger partial charge in [0.25, 0.3) is 5.69 Å². The molecular weight excluding hydrogens is 352 g/mol. The number of nitro benzene ring substituents is 1. The van der Waals surface area contributed by atoms with Crippen LogP contribution in [-0.4, -0.2) is 18.3 Å². The van der Waals surface area contributed by atoms with E-state index < -0.39 is 14.9 Å². The van der Waals surface area contributed by atoms with Crippen molar-refractivity contribution in [1.29, 1.82) is 0 Å². The number of nitrogens with zero attached hydrogens (tertiary/aromatic N) is 2. The highest BCUT2D eigenvalue weighted by Crippen LogP contribution is 2.38. The minimum absolute atomic E-state index is 0.137. The van der Waals surface area contributed by atoms with Crippen molar-refractivity contribution in [3.63, 3.8) is 0 Å². The molecule has 0 amide bonds. The summed E-state index contributed by atoms with van der Waals surface area (Å²) in [7, 11) is -4.00. The molecule has 3 N–H and O–H groups in total. The molecule has 1 heterocycles. The number of nitro groups is 1. The molecule has 0 saturated carbocycles. The van der Waals surface area contributed by atoms with Gasteiger partial charge in [-0.3, -0.25) is 10.1 Å². The second kappa shape index (κ2) is 6.11. The number of anilines is 1. The summed E-state index contributed by atoms with van der Waals surface area (Å²) in [6.07, 6.45) is 2.59. The zero-order chi connectivity index (χ0) is 17.5. The Bertz CT molecular complexity index is 907. The van der Waals surface area contributed by atoms with Gasteiger partial charge in [0.15, 0.2) is 0 Å². The number of nitrogens with two attached hydrogens (primary N) is 1. The van der Waals surface area contributed by atoms with Crippen LogP contribution in [0, 0.1) is 17.0 Å². The van der Waals surface area contributed by atoms with Crippen molar-refractivity contribution in [2.75, 3.05) is 5.32 Å². The van der Waals surface area contributed by atoms with Crippen LogP contribution in [0.2, 0.25) is 0 Å². The molecule has 0 aliphatic heterocycles. The number of aromatic nitrogens is 1. The van der Waals surface area contributed by atoms with E-state index in [1.807, 2.05) is 6.92 Å². The van der Waals surface area contributed by atoms with Crippen molar-refractivity contribution in [3.8, 4) is 0 Å². The monoisotopic (exact) mass is 368 g/mol. The van der Waals surface area contributed by atoms with Crippen molar-refractivity contribution in [1.82, 2.24) is 4.98 Å². The summed E-state index contributed by atoms with van der Waals surface area (Å²) in [5.74, 6) is 0. The lowest BCUT2D eigenvalue weighted by molar-refractivity contribution is -0.384. The van der Waals surface area contributed by atoms with E-state index in [1.54, 1.807) is 11.3 Å². The average molecular weight is 368 g/mol. The first-order chi connectivity index (χ1) is 11.3. The third kappa shape index (κ3) is 3.25. The van der Waals surface area contributed by atoms with Gasteiger partial charge >= 0.3 is 0 Å². The number of aryl methyl sites for hydroxylation is 2. The van der Waals surface area contributed by atoms with E-state index in [0.29, 0.717) is 0 Å². The smallest absolute Gasteiger partial charge is 0.271 e. The minimum Gasteiger partial charge on any atom is -0.376 e. The third-order valence-corrected chi connectivity index (χ3v) is 5.96. The fourth-order valence-electron chi connectivity index (χ4n) is 2.86. The molecule has 1 aliphatic carbocycles. The first-order valence-corrected chi connectivity index (χ1v) is 9.66. The molecule has 1 aromatic heterocycles. The molecule has 0 bridgehead atoms. The van der Waals surface area contributed by atoms with Crippen molar-refractivity contribution < 1.29 is 13.3 Å². The molecule has 1 aliphatic rings. The van der Waals surface area contributed by atoms with Crippen molar-refractivity contribution in [3.05, 3.63) is 43.9 Å². The van der Waals surface area contributed by atoms with Gasteiger partial charge in [0.1, 0.15) is 4.90 Å². The standard InChI is InChI=1S/C14H16N4O4S2/c1-8-16-10-3-2-4-11(14(10)23-8)17-12-7-9(18(19)20)5-6-13(12)24(15,21)22/h5-7,11,17H,2-4H2,1H3,(H2,15,21,22). The highest BCUT2D eigenvalue weighted by molar-refractivity contribution is 7.89. The largest absolute Gasteiger partial charge is 0.376 e. The number of rotatable bonds is 4. The van der Waals surface area contributed by atoms with Gasteiger partial charge in [-0.2, -0.15) is 0 Å². The lowest BCUT2D eigenvalue weighted by Gasteiger charge is -2.24. The summed E-state index contributed by atoms with van der Waals surface area (Å²) in [4.78, 5) is 15.8. The van der Waals surface area contributed by atoms with E-state index in [-0.39, 0.29) is 22.3 Å². The highest BCUT2D eigenvalue weighted by Gasteiger charge is 2.26. The minimum atomic E-state index is -4.00. The lowest BCUT2D eigenvalue weighted by atomic mass is 9.98. The quantitative estimate of drug-likeness (QED) is 0.630. The number of sulfonamides is 1. The summed E-state index contributed by atoms with van der Waals surface area (Å²) in [6.45, 7) is 1.92. The third-order valence-electron chi connectivity index (χ3n) is 3.87. The highest BCUT2D eigenvalue weighted by atomic mass is 32.2. The van der Waals surface area contributed by atoms with Crippen LogP contribution >= 0.6 is 11.3 Å². The van der Waals surface area contributed by atoms with Gasteiger partial charge in [0, 0.05) is 12.1 Å². The first kappa shape index (κ1) is 16.8. The summed E-state index contributed by atoms with van der Waals surface area (Å²) in [6, 6.07) is 3.37. The molecule has 0 saturated heterocycles. The van der Waals surface area contributed by atoms with E-state index in [9.17, 15) is 18.5 Å². The van der Waals surface area contributed by atoms with Crippen molar-refractivity contribution in [2.45, 2.75) is 37.1 Å². The number of hydrogen-bond acceptors (Lipinski definition) is 7. The van der Waals surface area contributed by atoms with Crippen LogP contribution in [0.25, 0.3) is 0 Å². The van der Waals surface area contributed by atoms with Crippen LogP contribution in [0.4, 0.5) is 11.4 Å². The number of thiazole rings is 1. The van der Waals surface area contributed by atoms with Crippen LogP contribution in [0.1, 0.15) is 34.5 Å². The van der Waals surface area contributed by atoms with Crippen LogP contribution in [0.3, 0.4) is 0 Å². The Hall–Kier alpha value is -2.04. The van der Waals surface area contributed by atoms with E-state index in [2.05, 4.69) is 10.3 Å². The normalized spacial score (nSPS) is 17.3. The molecule has 24 heavy (non-hydrogen) atoms. The Kier molecular flexibility index (Phi) is 4.28. The fourth-order valence-corrected chi connectivity index (χ4v) is 4.60. The SMILES string of the molecule is Cc1nc2c(s1)C(Nc1cc([N+](=O)[O-])ccc1S(N)(=O)=O)CCC2. The van der Waals surface area contributed by atoms with Crippen LogP contribution < -0.4 is 10.5 Å². The number of hydrogen-bond donors (Lipinski definition) is 2. The van der Waals surface area contributed by atoms with Gasteiger partial charge in [-0.25, -0.2) is 18.5 Å². The van der Waals surface area contributed by atoms with E-state index in [0.717, 1.165) is 47.0 Å². The molecule has 1 aromatic carbocycles. The Morgan fingerprint density at radius 3 is 2.88 bits per heavy atom. The zero-order valence-electron chi connectivity index (χ0n) is 12.9. The predicted octanol–water partition coefficient (Wildman–Crippen LogP) is 2.50. The Labute approximate surface area is 142 Å². The Morgan fingerprint density at radius 2 is 2.21 bits per heavy atom. The van der Waals surface area contributed by atoms with Gasteiger partial charge in [-0.1, -0.05) is 0 Å². The molecule has 0 fully saturated rings. The maximum Gasteiger partial charge on any atom is 0.271 e. The first-order valence-electron chi connectivity index (χ1n) is 7.29. The zero-order valence-corrected chi connectivity index (χ0v) is 14.5. The van der Waals surface area contributed by atoms with Gasteiger partial charge in [0.05, 0.1) is 32.2 Å². The molecule has 8 nitrogen and oxygen atoms in total. The molecule has 2 aromatic rings. The fraction of sp³-hybridized carbons (Fsp3) is 0.357. The summed E-state index contributed by atoms with van der Waals surface area (Å²) in [5, 5.41) is 20.3. The molecule has 1 unspecified atom stereocenters. The van der Waals surface area contributed by atoms with Gasteiger partial charge in [-0.05, 0) is 32.3 Å². The van der Waals surface area contributed by atoms with Gasteiger partial charge in [0.2, 0.25) is 10.0 Å². The average Bonchev–Trinajstić information content (AvgIpc) is 2.87. The number of nitrogens with one attached hydrogen (secondary N) is 1. The number of benzene rings is 1. The number of primary sulfonamides is 1. The molecule has 1 atom stereocenters. The molecule has 128 valence electrons. The van der Waals surface area contributed by atoms with E-state index >= 15 is 0 Å². The van der Waals surface area contributed by atoms with Crippen LogP contribution in [0.5, 0.6) is 0 Å². The summed E-state index contributed by atoms with van der Waals surface area (Å²) >= 11 is 1.55. The summed E-state index contributed by atoms with van der Waals surface area (Å²) in [5.41, 5.74) is 0.959. The Morgan fingerprint density at radius 1 is 1.46 bits per heavy atom. The van der Waals surface area contributed by atoms with Crippen molar-refractivity contribution in [2.24, 2.45) is 5.14 Å². The van der Waals surface area contributed by atoms with Crippen molar-refractivity contribution >= 4 is 32.7 Å². The predicted molar refractivity (Wildman–Crippen MR) is 90.6 cm³/mol. The van der Waals surface area contributed by atoms with E-state index in [1.165, 1.54) is 6.07 Å². The maximum absolute atomic E-state index is 11.8. The second-order valence-corrected chi connectivity index (χ2v) is 8.38. The summed E-state index contributed by atoms with van der Waals surface area (Å²) < 4.78 is 23.6. The molecule has 3 rings (SSSR count). The Balaban J connectivity index is 2.03. The molecule has 0 radical (unpaired) electrons. The van der Waals surface area contributed by atoms with E-state index in [4.69, 9.17) is 5.14 Å². The second-order valence-electron chi connectivity index (χ2n) is 5.62. The molecule has 0 spiro atoms. The van der Waals surface area contributed by atoms with Gasteiger partial charge < -0.3 is 5.32 Å². The van der Waals surface area contributed by atoms with Crippen LogP contribution in [-0.2, 0) is 16.4 Å².